The van der Waals surface area contributed by atoms with Gasteiger partial charge in [0.05, 0.1) is 14.2 Å². The van der Waals surface area contributed by atoms with Crippen LogP contribution in [0, 0.1) is 0 Å². The lowest BCUT2D eigenvalue weighted by molar-refractivity contribution is 0.0949. The summed E-state index contributed by atoms with van der Waals surface area (Å²) in [6.07, 6.45) is 4.23. The second-order valence-electron chi connectivity index (χ2n) is 5.76. The molecular formula is C19H26N4O3. The summed E-state index contributed by atoms with van der Waals surface area (Å²) in [5, 5.41) is 6.07. The molecule has 2 aromatic rings. The summed E-state index contributed by atoms with van der Waals surface area (Å²) in [4.78, 5) is 20.4. The van der Waals surface area contributed by atoms with E-state index in [2.05, 4.69) is 27.5 Å². The quantitative estimate of drug-likeness (QED) is 0.635. The Morgan fingerprint density at radius 3 is 2.62 bits per heavy atom. The van der Waals surface area contributed by atoms with Gasteiger partial charge >= 0.3 is 0 Å². The Balaban J connectivity index is 1.88. The van der Waals surface area contributed by atoms with Crippen LogP contribution in [0.5, 0.6) is 11.5 Å². The molecule has 1 aromatic heterocycles. The smallest absolute Gasteiger partial charge is 0.270 e. The zero-order valence-electron chi connectivity index (χ0n) is 15.5. The molecule has 2 N–H and O–H groups in total. The molecule has 140 valence electrons. The molecule has 0 saturated heterocycles. The predicted octanol–water partition coefficient (Wildman–Crippen LogP) is 2.68. The number of hydrogen-bond donors (Lipinski definition) is 2. The number of carbonyl (C=O) groups is 1. The molecule has 0 fully saturated rings. The van der Waals surface area contributed by atoms with Crippen molar-refractivity contribution in [1.29, 1.82) is 0 Å². The van der Waals surface area contributed by atoms with Gasteiger partial charge in [0.15, 0.2) is 11.5 Å². The van der Waals surface area contributed by atoms with Gasteiger partial charge in [-0.3, -0.25) is 4.79 Å². The van der Waals surface area contributed by atoms with E-state index in [1.54, 1.807) is 20.3 Å². The fraction of sp³-hybridized carbons (Fsp3) is 0.421. The molecule has 0 unspecified atom stereocenters. The standard InChI is InChI=1S/C19H26N4O3/c1-4-5-9-20-18-12-15(22-13-23-18)19(24)21-10-8-14-6-7-16(25-2)17(11-14)26-3/h6-7,11-13H,4-5,8-10H2,1-3H3,(H,21,24)(H,20,22,23). The van der Waals surface area contributed by atoms with E-state index >= 15 is 0 Å². The maximum Gasteiger partial charge on any atom is 0.270 e. The summed E-state index contributed by atoms with van der Waals surface area (Å²) in [6.45, 7) is 3.45. The van der Waals surface area contributed by atoms with E-state index in [1.807, 2.05) is 18.2 Å². The van der Waals surface area contributed by atoms with Gasteiger partial charge in [-0.15, -0.1) is 0 Å². The first kappa shape index (κ1) is 19.5. The van der Waals surface area contributed by atoms with Crippen LogP contribution in [-0.4, -0.2) is 43.2 Å². The molecule has 7 heteroatoms. The van der Waals surface area contributed by atoms with Crippen LogP contribution in [0.4, 0.5) is 5.82 Å². The van der Waals surface area contributed by atoms with E-state index < -0.39 is 0 Å². The van der Waals surface area contributed by atoms with Crippen molar-refractivity contribution in [2.24, 2.45) is 0 Å². The molecule has 1 amide bonds. The van der Waals surface area contributed by atoms with Crippen molar-refractivity contribution in [1.82, 2.24) is 15.3 Å². The SMILES string of the molecule is CCCCNc1cc(C(=O)NCCc2ccc(OC)c(OC)c2)ncn1. The van der Waals surface area contributed by atoms with Gasteiger partial charge in [0, 0.05) is 19.2 Å². The lowest BCUT2D eigenvalue weighted by atomic mass is 10.1. The van der Waals surface area contributed by atoms with Crippen LogP contribution in [-0.2, 0) is 6.42 Å². The van der Waals surface area contributed by atoms with Gasteiger partial charge in [0.25, 0.3) is 5.91 Å². The van der Waals surface area contributed by atoms with Crippen molar-refractivity contribution >= 4 is 11.7 Å². The second-order valence-corrected chi connectivity index (χ2v) is 5.76. The van der Waals surface area contributed by atoms with Gasteiger partial charge in [0.1, 0.15) is 17.8 Å². The van der Waals surface area contributed by atoms with Crippen molar-refractivity contribution in [2.75, 3.05) is 32.6 Å². The monoisotopic (exact) mass is 358 g/mol. The molecule has 0 saturated carbocycles. The number of rotatable bonds is 10. The zero-order chi connectivity index (χ0) is 18.8. The van der Waals surface area contributed by atoms with Crippen LogP contribution in [0.1, 0.15) is 35.8 Å². The third-order valence-corrected chi connectivity index (χ3v) is 3.88. The highest BCUT2D eigenvalue weighted by Gasteiger charge is 2.09. The number of amides is 1. The lowest BCUT2D eigenvalue weighted by Gasteiger charge is -2.10. The third kappa shape index (κ3) is 5.61. The van der Waals surface area contributed by atoms with Crippen molar-refractivity contribution in [3.8, 4) is 11.5 Å². The molecule has 0 aliphatic heterocycles. The average Bonchev–Trinajstić information content (AvgIpc) is 2.68. The number of ether oxygens (including phenoxy) is 2. The molecule has 26 heavy (non-hydrogen) atoms. The molecule has 0 aliphatic carbocycles. The Labute approximate surface area is 154 Å². The second kappa shape index (κ2) is 10.2. The van der Waals surface area contributed by atoms with Gasteiger partial charge in [-0.25, -0.2) is 9.97 Å². The Kier molecular flexibility index (Phi) is 7.67. The normalized spacial score (nSPS) is 10.3. The molecule has 0 bridgehead atoms. The third-order valence-electron chi connectivity index (χ3n) is 3.88. The predicted molar refractivity (Wildman–Crippen MR) is 101 cm³/mol. The largest absolute Gasteiger partial charge is 0.493 e. The Hall–Kier alpha value is -2.83. The summed E-state index contributed by atoms with van der Waals surface area (Å²) in [7, 11) is 3.20. The van der Waals surface area contributed by atoms with Crippen LogP contribution < -0.4 is 20.1 Å². The number of unbranched alkanes of at least 4 members (excludes halogenated alkanes) is 1. The highest BCUT2D eigenvalue weighted by atomic mass is 16.5. The highest BCUT2D eigenvalue weighted by molar-refractivity contribution is 5.92. The van der Waals surface area contributed by atoms with Crippen molar-refractivity contribution in [3.05, 3.63) is 41.9 Å². The van der Waals surface area contributed by atoms with Gasteiger partial charge < -0.3 is 20.1 Å². The average molecular weight is 358 g/mol. The summed E-state index contributed by atoms with van der Waals surface area (Å²) in [6, 6.07) is 7.38. The lowest BCUT2D eigenvalue weighted by Crippen LogP contribution is -2.26. The minimum absolute atomic E-state index is 0.216. The minimum Gasteiger partial charge on any atom is -0.493 e. The van der Waals surface area contributed by atoms with Gasteiger partial charge in [0.2, 0.25) is 0 Å². The minimum atomic E-state index is -0.216. The van der Waals surface area contributed by atoms with Crippen LogP contribution in [0.25, 0.3) is 0 Å². The van der Waals surface area contributed by atoms with E-state index in [1.165, 1.54) is 6.33 Å². The Bertz CT molecular complexity index is 722. The molecule has 0 radical (unpaired) electrons. The van der Waals surface area contributed by atoms with Crippen LogP contribution in [0.15, 0.2) is 30.6 Å². The fourth-order valence-corrected chi connectivity index (χ4v) is 2.42. The van der Waals surface area contributed by atoms with E-state index in [0.717, 1.165) is 24.9 Å². The zero-order valence-corrected chi connectivity index (χ0v) is 15.5. The topological polar surface area (TPSA) is 85.4 Å². The summed E-state index contributed by atoms with van der Waals surface area (Å²) >= 11 is 0. The van der Waals surface area contributed by atoms with Crippen LogP contribution in [0.2, 0.25) is 0 Å². The van der Waals surface area contributed by atoms with Crippen molar-refractivity contribution < 1.29 is 14.3 Å². The number of nitrogens with one attached hydrogen (secondary N) is 2. The number of nitrogens with zero attached hydrogens (tertiary/aromatic N) is 2. The van der Waals surface area contributed by atoms with Gasteiger partial charge in [-0.2, -0.15) is 0 Å². The number of aromatic nitrogens is 2. The number of benzene rings is 1. The van der Waals surface area contributed by atoms with Crippen LogP contribution >= 0.6 is 0 Å². The molecule has 7 nitrogen and oxygen atoms in total. The van der Waals surface area contributed by atoms with E-state index in [4.69, 9.17) is 9.47 Å². The fourth-order valence-electron chi connectivity index (χ4n) is 2.42. The molecule has 1 aromatic carbocycles. The number of anilines is 1. The Morgan fingerprint density at radius 1 is 1.08 bits per heavy atom. The summed E-state index contributed by atoms with van der Waals surface area (Å²) in [5.41, 5.74) is 1.40. The maximum absolute atomic E-state index is 12.3. The van der Waals surface area contributed by atoms with Gasteiger partial charge in [-0.1, -0.05) is 19.4 Å². The van der Waals surface area contributed by atoms with E-state index in [9.17, 15) is 4.79 Å². The number of carbonyl (C=O) groups excluding carboxylic acids is 1. The molecule has 0 spiro atoms. The molecule has 1 heterocycles. The molecule has 2 rings (SSSR count). The van der Waals surface area contributed by atoms with E-state index in [0.29, 0.717) is 36.0 Å². The molecule has 0 aliphatic rings. The number of hydrogen-bond acceptors (Lipinski definition) is 6. The molecular weight excluding hydrogens is 332 g/mol. The van der Waals surface area contributed by atoms with Crippen molar-refractivity contribution in [2.45, 2.75) is 26.2 Å². The van der Waals surface area contributed by atoms with Gasteiger partial charge in [-0.05, 0) is 30.5 Å². The first-order valence-corrected chi connectivity index (χ1v) is 8.73. The number of methoxy groups -OCH3 is 2. The Morgan fingerprint density at radius 2 is 1.88 bits per heavy atom. The summed E-state index contributed by atoms with van der Waals surface area (Å²) < 4.78 is 10.5. The first-order valence-electron chi connectivity index (χ1n) is 8.73. The molecule has 0 atom stereocenters. The maximum atomic E-state index is 12.3. The van der Waals surface area contributed by atoms with E-state index in [-0.39, 0.29) is 5.91 Å². The van der Waals surface area contributed by atoms with Crippen molar-refractivity contribution in [3.63, 3.8) is 0 Å². The van der Waals surface area contributed by atoms with Crippen LogP contribution in [0.3, 0.4) is 0 Å². The first-order chi connectivity index (χ1) is 12.7. The highest BCUT2D eigenvalue weighted by Crippen LogP contribution is 2.27. The summed E-state index contributed by atoms with van der Waals surface area (Å²) in [5.74, 6) is 1.81.